The van der Waals surface area contributed by atoms with Gasteiger partial charge in [0.15, 0.2) is 0 Å². The van der Waals surface area contributed by atoms with Crippen molar-refractivity contribution in [1.82, 2.24) is 23.9 Å². The second-order valence-corrected chi connectivity index (χ2v) is 17.9. The molecule has 0 spiro atoms. The number of nitrogens with zero attached hydrogens (tertiary/aromatic N) is 5. The minimum atomic E-state index is -0.207. The molecule has 282 valence electrons. The number of benzene rings is 5. The van der Waals surface area contributed by atoms with E-state index in [4.69, 9.17) is 10.1 Å². The minimum absolute atomic E-state index is 0. The van der Waals surface area contributed by atoms with Crippen molar-refractivity contribution in [1.29, 1.82) is 0 Å². The Balaban J connectivity index is 0.00000441. The van der Waals surface area contributed by atoms with Crippen LogP contribution in [0.3, 0.4) is 0 Å². The molecule has 0 radical (unpaired) electrons. The molecule has 0 aliphatic carbocycles. The summed E-state index contributed by atoms with van der Waals surface area (Å²) in [7, 11) is 0. The Kier molecular flexibility index (Phi) is 9.05. The standard InChI is InChI=1S/C50H47N5.Pt/c1-48(2,3)33-27-28-51-44(29-33)54-41-22-16-14-20-37(41)39-25-23-34(30-43(39)54)53-40-21-15-13-19-36(40)38-26-24-35(31-42(38)53)55-47(50(7,8)9)45(32-17-11-10-12-18-32)46(52-55)49(4,5)6;/h10-29H,1-9H3;/q-2;+2. The summed E-state index contributed by atoms with van der Waals surface area (Å²) in [6.45, 7) is 20.3. The maximum Gasteiger partial charge on any atom is 2.00 e. The van der Waals surface area contributed by atoms with E-state index in [-0.39, 0.29) is 37.3 Å². The van der Waals surface area contributed by atoms with E-state index in [1.54, 1.807) is 0 Å². The Morgan fingerprint density at radius 2 is 1.07 bits per heavy atom. The number of fused-ring (bicyclic) bond motifs is 6. The van der Waals surface area contributed by atoms with Crippen molar-refractivity contribution in [3.63, 3.8) is 0 Å². The third-order valence-corrected chi connectivity index (χ3v) is 10.8. The predicted octanol–water partition coefficient (Wildman–Crippen LogP) is 12.6. The summed E-state index contributed by atoms with van der Waals surface area (Å²) in [6.07, 6.45) is 1.93. The zero-order valence-electron chi connectivity index (χ0n) is 33.6. The normalized spacial score (nSPS) is 12.6. The third kappa shape index (κ3) is 6.12. The average molecular weight is 913 g/mol. The molecule has 0 saturated heterocycles. The van der Waals surface area contributed by atoms with Gasteiger partial charge in [-0.1, -0.05) is 146 Å². The number of aromatic nitrogens is 5. The zero-order chi connectivity index (χ0) is 38.4. The minimum Gasteiger partial charge on any atom is -0.358 e. The van der Waals surface area contributed by atoms with Gasteiger partial charge in [-0.05, 0) is 57.3 Å². The summed E-state index contributed by atoms with van der Waals surface area (Å²) >= 11 is 0. The van der Waals surface area contributed by atoms with Gasteiger partial charge in [-0.25, -0.2) is 4.98 Å². The van der Waals surface area contributed by atoms with Crippen LogP contribution in [-0.4, -0.2) is 23.9 Å². The third-order valence-electron chi connectivity index (χ3n) is 10.8. The van der Waals surface area contributed by atoms with Crippen LogP contribution in [0.5, 0.6) is 0 Å². The van der Waals surface area contributed by atoms with Gasteiger partial charge >= 0.3 is 21.1 Å². The van der Waals surface area contributed by atoms with E-state index in [0.717, 1.165) is 55.7 Å². The molecule has 0 aliphatic rings. The Bertz CT molecular complexity index is 2920. The van der Waals surface area contributed by atoms with E-state index < -0.39 is 0 Å². The molecule has 0 bridgehead atoms. The molecule has 56 heavy (non-hydrogen) atoms. The first kappa shape index (κ1) is 37.7. The predicted molar refractivity (Wildman–Crippen MR) is 229 cm³/mol. The van der Waals surface area contributed by atoms with Gasteiger partial charge in [0.1, 0.15) is 5.82 Å². The van der Waals surface area contributed by atoms with Crippen molar-refractivity contribution in [2.75, 3.05) is 0 Å². The molecule has 0 aliphatic heterocycles. The van der Waals surface area contributed by atoms with Crippen LogP contribution in [0.25, 0.3) is 71.9 Å². The van der Waals surface area contributed by atoms with Crippen LogP contribution in [0, 0.1) is 12.1 Å². The summed E-state index contributed by atoms with van der Waals surface area (Å²) in [5.74, 6) is 0.889. The van der Waals surface area contributed by atoms with Crippen molar-refractivity contribution in [3.8, 4) is 28.3 Å². The molecule has 9 rings (SSSR count). The molecular formula is C50H47N5Pt. The summed E-state index contributed by atoms with van der Waals surface area (Å²) in [4.78, 5) is 4.93. The van der Waals surface area contributed by atoms with Gasteiger partial charge in [0, 0.05) is 33.6 Å². The van der Waals surface area contributed by atoms with Gasteiger partial charge in [0.2, 0.25) is 0 Å². The molecule has 0 unspecified atom stereocenters. The van der Waals surface area contributed by atoms with Crippen LogP contribution >= 0.6 is 0 Å². The van der Waals surface area contributed by atoms with Crippen molar-refractivity contribution in [2.45, 2.75) is 78.6 Å². The Labute approximate surface area is 344 Å². The quantitative estimate of drug-likeness (QED) is 0.165. The molecule has 0 saturated carbocycles. The molecule has 0 fully saturated rings. The smallest absolute Gasteiger partial charge is 0.358 e. The van der Waals surface area contributed by atoms with Crippen LogP contribution in [-0.2, 0) is 37.3 Å². The number of para-hydroxylation sites is 2. The summed E-state index contributed by atoms with van der Waals surface area (Å²) in [6, 6.07) is 49.0. The first-order valence-corrected chi connectivity index (χ1v) is 19.3. The monoisotopic (exact) mass is 912 g/mol. The van der Waals surface area contributed by atoms with Gasteiger partial charge in [-0.3, -0.25) is 4.68 Å². The fourth-order valence-electron chi connectivity index (χ4n) is 8.20. The second kappa shape index (κ2) is 13.5. The van der Waals surface area contributed by atoms with E-state index in [9.17, 15) is 0 Å². The maximum absolute atomic E-state index is 5.45. The van der Waals surface area contributed by atoms with E-state index >= 15 is 0 Å². The maximum atomic E-state index is 5.45. The fraction of sp³-hybridized carbons (Fsp3) is 0.240. The van der Waals surface area contributed by atoms with E-state index in [2.05, 4.69) is 204 Å². The Hall–Kier alpha value is -5.25. The largest absolute Gasteiger partial charge is 2.00 e. The van der Waals surface area contributed by atoms with Crippen LogP contribution in [0.15, 0.2) is 121 Å². The number of pyridine rings is 1. The number of hydrogen-bond donors (Lipinski definition) is 0. The summed E-state index contributed by atoms with van der Waals surface area (Å²) in [5.41, 5.74) is 11.5. The van der Waals surface area contributed by atoms with Gasteiger partial charge < -0.3 is 9.13 Å². The molecule has 0 atom stereocenters. The summed E-state index contributed by atoms with van der Waals surface area (Å²) in [5, 5.41) is 10.1. The molecule has 0 N–H and O–H groups in total. The molecule has 6 heteroatoms. The van der Waals surface area contributed by atoms with Crippen LogP contribution in [0.4, 0.5) is 0 Å². The molecule has 5 aromatic carbocycles. The van der Waals surface area contributed by atoms with E-state index in [1.165, 1.54) is 33.2 Å². The first-order valence-electron chi connectivity index (χ1n) is 19.3. The van der Waals surface area contributed by atoms with Crippen molar-refractivity contribution in [3.05, 3.63) is 151 Å². The van der Waals surface area contributed by atoms with Crippen LogP contribution < -0.4 is 0 Å². The SMILES string of the molecule is CC(C)(C)c1ccnc(-n2c3[c-]c(-n4c5[c-]c(-n6nc(C(C)(C)C)c(-c7ccccc7)c6C(C)(C)C)ccc5c5ccccc54)ccc3c3ccccc32)c1.[Pt+2]. The van der Waals surface area contributed by atoms with E-state index in [1.807, 2.05) is 6.20 Å². The first-order chi connectivity index (χ1) is 26.2. The molecule has 0 amide bonds. The Morgan fingerprint density at radius 3 is 1.68 bits per heavy atom. The zero-order valence-corrected chi connectivity index (χ0v) is 35.9. The van der Waals surface area contributed by atoms with Gasteiger partial charge in [-0.15, -0.1) is 35.0 Å². The Morgan fingerprint density at radius 1 is 0.518 bits per heavy atom. The van der Waals surface area contributed by atoms with Crippen LogP contribution in [0.1, 0.15) is 79.3 Å². The van der Waals surface area contributed by atoms with Crippen molar-refractivity contribution < 1.29 is 21.1 Å². The van der Waals surface area contributed by atoms with Crippen LogP contribution in [0.2, 0.25) is 0 Å². The topological polar surface area (TPSA) is 40.6 Å². The molecule has 5 nitrogen and oxygen atoms in total. The van der Waals surface area contributed by atoms with Crippen molar-refractivity contribution in [2.24, 2.45) is 0 Å². The number of rotatable bonds is 4. The number of hydrogen-bond acceptors (Lipinski definition) is 2. The van der Waals surface area contributed by atoms with E-state index in [0.29, 0.717) is 0 Å². The van der Waals surface area contributed by atoms with Crippen molar-refractivity contribution >= 4 is 43.6 Å². The molecule has 9 aromatic rings. The van der Waals surface area contributed by atoms with Gasteiger partial charge in [0.05, 0.1) is 11.4 Å². The second-order valence-electron chi connectivity index (χ2n) is 17.9. The van der Waals surface area contributed by atoms with Gasteiger partial charge in [-0.2, -0.15) is 17.2 Å². The summed E-state index contributed by atoms with van der Waals surface area (Å²) < 4.78 is 6.74. The molecule has 4 aromatic heterocycles. The molecule has 4 heterocycles. The fourth-order valence-corrected chi connectivity index (χ4v) is 8.20. The van der Waals surface area contributed by atoms with Gasteiger partial charge in [0.25, 0.3) is 0 Å². The molecular weight excluding hydrogens is 866 g/mol. The average Bonchev–Trinajstić information content (AvgIpc) is 3.83.